The van der Waals surface area contributed by atoms with Crippen LogP contribution in [0.4, 0.5) is 0 Å². The van der Waals surface area contributed by atoms with Crippen molar-refractivity contribution in [1.82, 2.24) is 0 Å². The van der Waals surface area contributed by atoms with E-state index < -0.39 is 6.10 Å². The van der Waals surface area contributed by atoms with Crippen LogP contribution < -0.4 is 0 Å². The molecule has 0 bridgehead atoms. The van der Waals surface area contributed by atoms with Gasteiger partial charge < -0.3 is 29.2 Å². The fourth-order valence-corrected chi connectivity index (χ4v) is 1.48. The zero-order valence-corrected chi connectivity index (χ0v) is 17.9. The van der Waals surface area contributed by atoms with Crippen LogP contribution in [0.1, 0.15) is 19.3 Å². The number of aliphatic hydroxyl groups excluding tert-OH is 2. The molecule has 0 aromatic carbocycles. The molecular weight excluding hydrogens is 507 g/mol. The molecule has 0 aromatic rings. The van der Waals surface area contributed by atoms with Gasteiger partial charge in [0, 0.05) is 13.2 Å². The molecule has 1 heterocycles. The quantitative estimate of drug-likeness (QED) is 0.358. The maximum absolute atomic E-state index is 9.24. The van der Waals surface area contributed by atoms with E-state index in [4.69, 9.17) is 19.3 Å². The van der Waals surface area contributed by atoms with Crippen molar-refractivity contribution in [3.63, 3.8) is 0 Å². The summed E-state index contributed by atoms with van der Waals surface area (Å²) in [4.78, 5) is 0. The maximum Gasteiger partial charge on any atom is 0.157 e. The minimum absolute atomic E-state index is 0. The van der Waals surface area contributed by atoms with Crippen LogP contribution in [0.3, 0.4) is 0 Å². The first-order valence-electron chi connectivity index (χ1n) is 6.00. The smallest absolute Gasteiger partial charge is 0.157 e. The van der Waals surface area contributed by atoms with Crippen LogP contribution in [0.5, 0.6) is 0 Å². The molecule has 1 saturated heterocycles. The van der Waals surface area contributed by atoms with Crippen LogP contribution in [0, 0.1) is 14.2 Å². The third kappa shape index (κ3) is 11.6. The molecule has 1 fully saturated rings. The topological polar surface area (TPSA) is 77.4 Å². The standard InChI is InChI=1S/C11H21O5.CH3O.Rf/c1-13-8-10(12)9-14-6-7-16-11-4-2-3-5-15-11;1-2;/h10-12H,1-9H2;2H,1H2;/q2*-1;. The second-order valence-corrected chi connectivity index (χ2v) is 3.77. The molecular formula is C12H24O6Rf-2. The molecule has 7 heteroatoms. The van der Waals surface area contributed by atoms with Crippen molar-refractivity contribution >= 4 is 0 Å². The van der Waals surface area contributed by atoms with E-state index in [1.807, 2.05) is 0 Å². The SMILES string of the molecule is [CH2-]O.[CH2-]OCC(O)COCCOC1CCCCO1.[Rf]. The fourth-order valence-electron chi connectivity index (χ4n) is 1.48. The van der Waals surface area contributed by atoms with E-state index in [0.717, 1.165) is 25.9 Å². The number of ether oxygens (including phenoxy) is 4. The van der Waals surface area contributed by atoms with Gasteiger partial charge in [0.1, 0.15) is 0 Å². The van der Waals surface area contributed by atoms with E-state index >= 15 is 0 Å². The summed E-state index contributed by atoms with van der Waals surface area (Å²) in [6.45, 7) is 2.15. The third-order valence-corrected chi connectivity index (χ3v) is 2.29. The molecule has 2 N–H and O–H groups in total. The molecule has 0 spiro atoms. The summed E-state index contributed by atoms with van der Waals surface area (Å²) in [6, 6.07) is 0. The van der Waals surface area contributed by atoms with Gasteiger partial charge in [0.2, 0.25) is 0 Å². The Hall–Kier alpha value is -1.24. The summed E-state index contributed by atoms with van der Waals surface area (Å²) in [5.41, 5.74) is 0. The van der Waals surface area contributed by atoms with E-state index in [1.54, 1.807) is 0 Å². The van der Waals surface area contributed by atoms with Gasteiger partial charge in [-0.3, -0.25) is 0 Å². The number of aliphatic hydroxyl groups is 2. The number of hydrogen-bond donors (Lipinski definition) is 2. The Bertz CT molecular complexity index is 166. The predicted octanol–water partition coefficient (Wildman–Crippen LogP) is 0.866. The zero-order chi connectivity index (χ0) is 13.6. The Kier molecular flexibility index (Phi) is 15.7. The van der Waals surface area contributed by atoms with Gasteiger partial charge in [0.05, 0.1) is 25.9 Å². The molecule has 6 nitrogen and oxygen atoms in total. The first-order chi connectivity index (χ1) is 8.83. The molecule has 1 aliphatic heterocycles. The van der Waals surface area contributed by atoms with Crippen molar-refractivity contribution in [3.8, 4) is 0 Å². The fraction of sp³-hybridized carbons (Fsp3) is 0.833. The average molecular weight is 531 g/mol. The van der Waals surface area contributed by atoms with Crippen molar-refractivity contribution in [2.24, 2.45) is 0 Å². The Morgan fingerprint density at radius 3 is 2.53 bits per heavy atom. The van der Waals surface area contributed by atoms with Gasteiger partial charge in [-0.05, 0) is 19.3 Å². The molecule has 1 aliphatic rings. The Morgan fingerprint density at radius 2 is 1.95 bits per heavy atom. The van der Waals surface area contributed by atoms with E-state index in [2.05, 4.69) is 19.0 Å². The van der Waals surface area contributed by atoms with Crippen LogP contribution in [-0.4, -0.2) is 55.6 Å². The minimum atomic E-state index is -0.622. The molecule has 2 atom stereocenters. The van der Waals surface area contributed by atoms with Crippen LogP contribution in [-0.2, 0) is 18.9 Å². The predicted molar refractivity (Wildman–Crippen MR) is 65.0 cm³/mol. The van der Waals surface area contributed by atoms with Gasteiger partial charge in [0.15, 0.2) is 6.29 Å². The van der Waals surface area contributed by atoms with Crippen molar-refractivity contribution in [2.75, 3.05) is 33.0 Å². The van der Waals surface area contributed by atoms with Crippen LogP contribution in [0.25, 0.3) is 0 Å². The summed E-state index contributed by atoms with van der Waals surface area (Å²) < 4.78 is 20.6. The third-order valence-electron chi connectivity index (χ3n) is 2.29. The van der Waals surface area contributed by atoms with E-state index in [-0.39, 0.29) is 19.5 Å². The summed E-state index contributed by atoms with van der Waals surface area (Å²) in [6.07, 6.45) is 2.53. The summed E-state index contributed by atoms with van der Waals surface area (Å²) in [5.74, 6) is 0. The first-order valence-corrected chi connectivity index (χ1v) is 6.00. The minimum Gasteiger partial charge on any atom is -0.569 e. The van der Waals surface area contributed by atoms with Gasteiger partial charge >= 0.3 is 0 Å². The van der Waals surface area contributed by atoms with Crippen LogP contribution in [0.2, 0.25) is 0 Å². The summed E-state index contributed by atoms with van der Waals surface area (Å²) in [7, 11) is 5.42. The van der Waals surface area contributed by atoms with E-state index in [9.17, 15) is 5.11 Å². The Labute approximate surface area is 109 Å². The number of hydrogen-bond acceptors (Lipinski definition) is 6. The second-order valence-electron chi connectivity index (χ2n) is 3.77. The monoisotopic (exact) mass is 531 g/mol. The number of rotatable bonds is 8. The van der Waals surface area contributed by atoms with Crippen LogP contribution in [0.15, 0.2) is 0 Å². The molecule has 0 amide bonds. The average Bonchev–Trinajstić information content (AvgIpc) is 2.42. The molecule has 1 rings (SSSR count). The second kappa shape index (κ2) is 14.8. The van der Waals surface area contributed by atoms with Crippen molar-refractivity contribution in [1.29, 1.82) is 0 Å². The van der Waals surface area contributed by atoms with Gasteiger partial charge in [-0.15, -0.1) is 0 Å². The van der Waals surface area contributed by atoms with Gasteiger partial charge in [0.25, 0.3) is 0 Å². The van der Waals surface area contributed by atoms with Crippen molar-refractivity contribution in [2.45, 2.75) is 31.7 Å². The summed E-state index contributed by atoms with van der Waals surface area (Å²) in [5, 5.41) is 16.0. The molecule has 19 heavy (non-hydrogen) atoms. The van der Waals surface area contributed by atoms with Gasteiger partial charge in [-0.2, -0.15) is 0 Å². The molecule has 2 unspecified atom stereocenters. The van der Waals surface area contributed by atoms with Crippen LogP contribution >= 0.6 is 0 Å². The first kappa shape index (κ1) is 20.1. The molecule has 0 radical (unpaired) electrons. The van der Waals surface area contributed by atoms with Gasteiger partial charge in [-0.25, -0.2) is 14.2 Å². The molecule has 0 saturated carbocycles. The Balaban J connectivity index is 0. The molecule has 112 valence electrons. The van der Waals surface area contributed by atoms with E-state index in [0.29, 0.717) is 13.2 Å². The normalized spacial score (nSPS) is 19.9. The molecule has 0 aromatic heterocycles. The Morgan fingerprint density at radius 1 is 1.21 bits per heavy atom. The zero-order valence-electron chi connectivity index (χ0n) is 11.5. The maximum atomic E-state index is 9.24. The van der Waals surface area contributed by atoms with Gasteiger partial charge in [-0.1, -0.05) is 0 Å². The van der Waals surface area contributed by atoms with E-state index in [1.165, 1.54) is 0 Å². The summed E-state index contributed by atoms with van der Waals surface area (Å²) >= 11 is 0. The van der Waals surface area contributed by atoms with Crippen molar-refractivity contribution < 1.29 is 29.2 Å². The largest absolute Gasteiger partial charge is 0.569 e. The van der Waals surface area contributed by atoms with Crippen molar-refractivity contribution in [3.05, 3.63) is 14.2 Å². The molecule has 0 aliphatic carbocycles.